The number of aromatic nitrogens is 3. The van der Waals surface area contributed by atoms with Crippen LogP contribution in [0.3, 0.4) is 0 Å². The minimum Gasteiger partial charge on any atom is -0.448 e. The van der Waals surface area contributed by atoms with Crippen LogP contribution in [0.1, 0.15) is 67.9 Å². The van der Waals surface area contributed by atoms with Gasteiger partial charge in [-0.3, -0.25) is 14.3 Å². The van der Waals surface area contributed by atoms with Gasteiger partial charge in [-0.05, 0) is 51.3 Å². The van der Waals surface area contributed by atoms with Gasteiger partial charge in [0, 0.05) is 12.6 Å². The molecule has 2 aliphatic rings. The molecule has 6 heteroatoms. The molecule has 146 valence electrons. The Morgan fingerprint density at radius 2 is 1.96 bits per heavy atom. The molecular weight excluding hydrogens is 352 g/mol. The van der Waals surface area contributed by atoms with E-state index in [-0.39, 0.29) is 17.6 Å². The molecule has 3 heterocycles. The van der Waals surface area contributed by atoms with Gasteiger partial charge >= 0.3 is 0 Å². The predicted octanol–water partition coefficient (Wildman–Crippen LogP) is 4.15. The number of hydrogen-bond donors (Lipinski definition) is 0. The minimum absolute atomic E-state index is 0.122. The van der Waals surface area contributed by atoms with Gasteiger partial charge in [-0.2, -0.15) is 0 Å². The zero-order valence-electron chi connectivity index (χ0n) is 16.3. The summed E-state index contributed by atoms with van der Waals surface area (Å²) in [5.74, 6) is 1.81. The number of aryl methyl sites for hydroxylation is 1. The fourth-order valence-electron chi connectivity index (χ4n) is 4.89. The third-order valence-corrected chi connectivity index (χ3v) is 6.38. The van der Waals surface area contributed by atoms with Crippen LogP contribution in [0.4, 0.5) is 0 Å². The maximum absolute atomic E-state index is 13.4. The van der Waals surface area contributed by atoms with Crippen LogP contribution in [0.2, 0.25) is 0 Å². The first-order chi connectivity index (χ1) is 13.7. The van der Waals surface area contributed by atoms with Gasteiger partial charge in [-0.25, -0.2) is 9.97 Å². The summed E-state index contributed by atoms with van der Waals surface area (Å²) in [6.07, 6.45) is 8.16. The van der Waals surface area contributed by atoms with Crippen LogP contribution in [0.5, 0.6) is 0 Å². The Morgan fingerprint density at radius 3 is 2.75 bits per heavy atom. The van der Waals surface area contributed by atoms with Crippen LogP contribution >= 0.6 is 0 Å². The van der Waals surface area contributed by atoms with Gasteiger partial charge in [-0.15, -0.1) is 0 Å². The van der Waals surface area contributed by atoms with E-state index >= 15 is 0 Å². The fraction of sp³-hybridized carbons (Fsp3) is 0.500. The Labute approximate surface area is 164 Å². The predicted molar refractivity (Wildman–Crippen MR) is 107 cm³/mol. The fourth-order valence-corrected chi connectivity index (χ4v) is 4.89. The number of likely N-dealkylation sites (tertiary alicyclic amines) is 1. The lowest BCUT2D eigenvalue weighted by Crippen LogP contribution is -2.34. The van der Waals surface area contributed by atoms with Gasteiger partial charge in [0.25, 0.3) is 5.56 Å². The molecule has 6 nitrogen and oxygen atoms in total. The van der Waals surface area contributed by atoms with E-state index < -0.39 is 0 Å². The average Bonchev–Trinajstić information content (AvgIpc) is 3.45. The highest BCUT2D eigenvalue weighted by Crippen LogP contribution is 2.36. The second-order valence-corrected chi connectivity index (χ2v) is 8.08. The number of hydrogen-bond acceptors (Lipinski definition) is 5. The Morgan fingerprint density at radius 1 is 1.14 bits per heavy atom. The van der Waals surface area contributed by atoms with E-state index in [0.29, 0.717) is 0 Å². The highest BCUT2D eigenvalue weighted by molar-refractivity contribution is 5.77. The largest absolute Gasteiger partial charge is 0.448 e. The Balaban J connectivity index is 1.61. The van der Waals surface area contributed by atoms with E-state index in [1.54, 1.807) is 0 Å². The van der Waals surface area contributed by atoms with Crippen LogP contribution in [0.15, 0.2) is 39.9 Å². The van der Waals surface area contributed by atoms with Crippen molar-refractivity contribution in [2.75, 3.05) is 6.54 Å². The van der Waals surface area contributed by atoms with E-state index in [0.717, 1.165) is 67.0 Å². The molecule has 0 radical (unpaired) electrons. The number of para-hydroxylation sites is 1. The normalized spacial score (nSPS) is 21.1. The molecule has 1 atom stereocenters. The van der Waals surface area contributed by atoms with Crippen molar-refractivity contribution in [2.24, 2.45) is 0 Å². The molecule has 0 N–H and O–H groups in total. The SMILES string of the molecule is Cc1ocnc1CN1CCCC1c1nc2ccccc2c(=O)n1C1CCCC1. The van der Waals surface area contributed by atoms with Crippen LogP contribution in [0.25, 0.3) is 10.9 Å². The lowest BCUT2D eigenvalue weighted by atomic mass is 10.1. The first-order valence-electron chi connectivity index (χ1n) is 10.4. The van der Waals surface area contributed by atoms with E-state index in [1.807, 2.05) is 35.8 Å². The monoisotopic (exact) mass is 378 g/mol. The van der Waals surface area contributed by atoms with Gasteiger partial charge in [-0.1, -0.05) is 25.0 Å². The molecule has 0 amide bonds. The number of fused-ring (bicyclic) bond motifs is 1. The lowest BCUT2D eigenvalue weighted by molar-refractivity contribution is 0.225. The maximum atomic E-state index is 13.4. The topological polar surface area (TPSA) is 64.2 Å². The van der Waals surface area contributed by atoms with Gasteiger partial charge in [0.1, 0.15) is 11.6 Å². The van der Waals surface area contributed by atoms with Gasteiger partial charge in [0.15, 0.2) is 6.39 Å². The zero-order chi connectivity index (χ0) is 19.1. The van der Waals surface area contributed by atoms with Crippen molar-refractivity contribution in [1.29, 1.82) is 0 Å². The van der Waals surface area contributed by atoms with Crippen LogP contribution in [-0.4, -0.2) is 26.0 Å². The van der Waals surface area contributed by atoms with Crippen LogP contribution in [0, 0.1) is 6.92 Å². The molecule has 2 fully saturated rings. The molecule has 1 unspecified atom stereocenters. The Hall–Kier alpha value is -2.47. The summed E-state index contributed by atoms with van der Waals surface area (Å²) < 4.78 is 7.42. The van der Waals surface area contributed by atoms with E-state index in [1.165, 1.54) is 19.2 Å². The molecule has 1 aliphatic carbocycles. The van der Waals surface area contributed by atoms with Crippen molar-refractivity contribution in [3.8, 4) is 0 Å². The molecule has 0 bridgehead atoms. The first kappa shape index (κ1) is 17.6. The van der Waals surface area contributed by atoms with E-state index in [9.17, 15) is 4.79 Å². The summed E-state index contributed by atoms with van der Waals surface area (Å²) in [6, 6.07) is 8.18. The summed E-state index contributed by atoms with van der Waals surface area (Å²) in [7, 11) is 0. The summed E-state index contributed by atoms with van der Waals surface area (Å²) in [5, 5.41) is 0.732. The van der Waals surface area contributed by atoms with Crippen LogP contribution < -0.4 is 5.56 Å². The standard InChI is InChI=1S/C22H26N4O2/c1-15-19(23-14-28-15)13-25-12-6-11-20(25)21-24-18-10-5-4-9-17(18)22(27)26(21)16-7-2-3-8-16/h4-5,9-10,14,16,20H,2-3,6-8,11-13H2,1H3. The molecule has 28 heavy (non-hydrogen) atoms. The Bertz CT molecular complexity index is 1050. The van der Waals surface area contributed by atoms with Crippen LogP contribution in [-0.2, 0) is 6.54 Å². The first-order valence-corrected chi connectivity index (χ1v) is 10.4. The number of benzene rings is 1. The molecular formula is C22H26N4O2. The Kier molecular flexibility index (Phi) is 4.51. The molecule has 2 aromatic heterocycles. The second-order valence-electron chi connectivity index (χ2n) is 8.08. The zero-order valence-corrected chi connectivity index (χ0v) is 16.3. The second kappa shape index (κ2) is 7.17. The summed E-state index contributed by atoms with van der Waals surface area (Å²) >= 11 is 0. The smallest absolute Gasteiger partial charge is 0.261 e. The number of rotatable bonds is 4. The minimum atomic E-state index is 0.122. The summed E-state index contributed by atoms with van der Waals surface area (Å²) in [4.78, 5) is 25.3. The van der Waals surface area contributed by atoms with Crippen molar-refractivity contribution >= 4 is 10.9 Å². The summed E-state index contributed by atoms with van der Waals surface area (Å²) in [6.45, 7) is 3.68. The van der Waals surface area contributed by atoms with Gasteiger partial charge < -0.3 is 4.42 Å². The van der Waals surface area contributed by atoms with Crippen molar-refractivity contribution < 1.29 is 4.42 Å². The van der Waals surface area contributed by atoms with Crippen molar-refractivity contribution in [3.63, 3.8) is 0 Å². The third kappa shape index (κ3) is 2.96. The third-order valence-electron chi connectivity index (χ3n) is 6.38. The van der Waals surface area contributed by atoms with E-state index in [4.69, 9.17) is 9.40 Å². The molecule has 0 spiro atoms. The molecule has 5 rings (SSSR count). The highest BCUT2D eigenvalue weighted by Gasteiger charge is 2.33. The highest BCUT2D eigenvalue weighted by atomic mass is 16.3. The average molecular weight is 378 g/mol. The van der Waals surface area contributed by atoms with Crippen molar-refractivity contribution in [2.45, 2.75) is 64.1 Å². The quantitative estimate of drug-likeness (QED) is 0.682. The van der Waals surface area contributed by atoms with Gasteiger partial charge in [0.2, 0.25) is 0 Å². The summed E-state index contributed by atoms with van der Waals surface area (Å²) in [5.41, 5.74) is 1.90. The maximum Gasteiger partial charge on any atom is 0.261 e. The van der Waals surface area contributed by atoms with E-state index in [2.05, 4.69) is 9.88 Å². The molecule has 1 aromatic carbocycles. The lowest BCUT2D eigenvalue weighted by Gasteiger charge is -2.28. The van der Waals surface area contributed by atoms with Crippen molar-refractivity contribution in [3.05, 3.63) is 58.3 Å². The number of nitrogens with zero attached hydrogens (tertiary/aromatic N) is 4. The molecule has 1 aliphatic heterocycles. The van der Waals surface area contributed by atoms with Crippen molar-refractivity contribution in [1.82, 2.24) is 19.4 Å². The number of oxazole rings is 1. The molecule has 1 saturated heterocycles. The van der Waals surface area contributed by atoms with Gasteiger partial charge in [0.05, 0.1) is 22.6 Å². The molecule has 1 saturated carbocycles. The molecule has 3 aromatic rings.